The lowest BCUT2D eigenvalue weighted by molar-refractivity contribution is 0.501. The Morgan fingerprint density at radius 2 is 2.25 bits per heavy atom. The lowest BCUT2D eigenvalue weighted by Crippen LogP contribution is -2.04. The van der Waals surface area contributed by atoms with Crippen molar-refractivity contribution in [1.82, 2.24) is 10.2 Å². The van der Waals surface area contributed by atoms with Crippen molar-refractivity contribution < 1.29 is 8.83 Å². The second-order valence-corrected chi connectivity index (χ2v) is 3.57. The van der Waals surface area contributed by atoms with Crippen LogP contribution >= 0.6 is 11.6 Å². The summed E-state index contributed by atoms with van der Waals surface area (Å²) in [6.45, 7) is 0.690. The third-order valence-electron chi connectivity index (χ3n) is 2.00. The summed E-state index contributed by atoms with van der Waals surface area (Å²) in [7, 11) is 0. The van der Waals surface area contributed by atoms with Crippen molar-refractivity contribution in [3.05, 3.63) is 30.0 Å². The maximum absolute atomic E-state index is 5.56. The van der Waals surface area contributed by atoms with Crippen molar-refractivity contribution in [2.45, 2.75) is 12.8 Å². The number of furan rings is 1. The van der Waals surface area contributed by atoms with Gasteiger partial charge in [-0.1, -0.05) is 5.10 Å². The van der Waals surface area contributed by atoms with E-state index < -0.39 is 0 Å². The van der Waals surface area contributed by atoms with Crippen LogP contribution in [0.25, 0.3) is 0 Å². The fraction of sp³-hybridized carbons (Fsp3) is 0.400. The highest BCUT2D eigenvalue weighted by Crippen LogP contribution is 2.07. The first-order valence-electron chi connectivity index (χ1n) is 5.03. The number of nitrogens with one attached hydrogen (secondary N) is 1. The summed E-state index contributed by atoms with van der Waals surface area (Å²) in [6, 6.07) is 4.21. The van der Waals surface area contributed by atoms with Crippen LogP contribution in [0.5, 0.6) is 0 Å². The molecule has 0 aliphatic heterocycles. The number of rotatable bonds is 6. The summed E-state index contributed by atoms with van der Waals surface area (Å²) in [5.41, 5.74) is 0. The van der Waals surface area contributed by atoms with E-state index in [0.29, 0.717) is 30.8 Å². The minimum absolute atomic E-state index is 0.423. The number of aromatic nitrogens is 2. The van der Waals surface area contributed by atoms with Gasteiger partial charge in [0.15, 0.2) is 0 Å². The Hall–Kier alpha value is -1.49. The van der Waals surface area contributed by atoms with Gasteiger partial charge in [0.05, 0.1) is 6.26 Å². The molecule has 0 amide bonds. The molecule has 16 heavy (non-hydrogen) atoms. The zero-order valence-corrected chi connectivity index (χ0v) is 9.41. The van der Waals surface area contributed by atoms with Gasteiger partial charge in [-0.05, 0) is 12.1 Å². The number of hydrogen-bond acceptors (Lipinski definition) is 5. The molecular weight excluding hydrogens is 230 g/mol. The Labute approximate surface area is 97.8 Å². The molecule has 0 bridgehead atoms. The standard InChI is InChI=1S/C10H12ClN3O2/c11-5-3-9-13-14-10(16-9)12-6-4-8-2-1-7-15-8/h1-2,7H,3-6H2,(H,12,14). The average molecular weight is 242 g/mol. The van der Waals surface area contributed by atoms with Gasteiger partial charge >= 0.3 is 6.01 Å². The molecule has 0 aliphatic rings. The Morgan fingerprint density at radius 3 is 3.00 bits per heavy atom. The van der Waals surface area contributed by atoms with Crippen molar-refractivity contribution in [3.63, 3.8) is 0 Å². The molecule has 1 N–H and O–H groups in total. The van der Waals surface area contributed by atoms with Gasteiger partial charge in [-0.2, -0.15) is 0 Å². The lowest BCUT2D eigenvalue weighted by atomic mass is 10.3. The predicted molar refractivity (Wildman–Crippen MR) is 59.6 cm³/mol. The molecule has 0 fully saturated rings. The largest absolute Gasteiger partial charge is 0.469 e. The summed E-state index contributed by atoms with van der Waals surface area (Å²) in [5.74, 6) is 1.96. The molecule has 0 aromatic carbocycles. The third kappa shape index (κ3) is 3.00. The normalized spacial score (nSPS) is 10.6. The first-order chi connectivity index (χ1) is 7.88. The van der Waals surface area contributed by atoms with Gasteiger partial charge in [0, 0.05) is 25.3 Å². The van der Waals surface area contributed by atoms with Gasteiger partial charge in [0.2, 0.25) is 5.89 Å². The maximum Gasteiger partial charge on any atom is 0.315 e. The van der Waals surface area contributed by atoms with Gasteiger partial charge < -0.3 is 14.2 Å². The monoisotopic (exact) mass is 241 g/mol. The molecule has 0 saturated carbocycles. The molecule has 0 saturated heterocycles. The molecule has 0 radical (unpaired) electrons. The molecule has 2 heterocycles. The van der Waals surface area contributed by atoms with Crippen LogP contribution in [0.3, 0.4) is 0 Å². The van der Waals surface area contributed by atoms with Crippen molar-refractivity contribution in [2.24, 2.45) is 0 Å². The summed E-state index contributed by atoms with van der Waals surface area (Å²) in [6.07, 6.45) is 3.02. The summed E-state index contributed by atoms with van der Waals surface area (Å²) in [4.78, 5) is 0. The average Bonchev–Trinajstić information content (AvgIpc) is 2.90. The van der Waals surface area contributed by atoms with Crippen molar-refractivity contribution in [2.75, 3.05) is 17.7 Å². The van der Waals surface area contributed by atoms with Crippen LogP contribution in [0, 0.1) is 0 Å². The van der Waals surface area contributed by atoms with Gasteiger partial charge in [0.1, 0.15) is 5.76 Å². The zero-order chi connectivity index (χ0) is 11.2. The number of aryl methyl sites for hydroxylation is 1. The second-order valence-electron chi connectivity index (χ2n) is 3.20. The molecule has 6 heteroatoms. The highest BCUT2D eigenvalue weighted by Gasteiger charge is 2.04. The molecule has 0 aliphatic carbocycles. The minimum Gasteiger partial charge on any atom is -0.469 e. The van der Waals surface area contributed by atoms with Crippen molar-refractivity contribution in [3.8, 4) is 0 Å². The Morgan fingerprint density at radius 1 is 1.31 bits per heavy atom. The fourth-order valence-electron chi connectivity index (χ4n) is 1.25. The van der Waals surface area contributed by atoms with Crippen molar-refractivity contribution >= 4 is 17.6 Å². The van der Waals surface area contributed by atoms with E-state index in [1.54, 1.807) is 6.26 Å². The van der Waals surface area contributed by atoms with E-state index in [4.69, 9.17) is 20.4 Å². The van der Waals surface area contributed by atoms with Crippen LogP contribution in [-0.2, 0) is 12.8 Å². The van der Waals surface area contributed by atoms with Crippen LogP contribution < -0.4 is 5.32 Å². The van der Waals surface area contributed by atoms with Crippen LogP contribution in [0.1, 0.15) is 11.7 Å². The molecule has 2 aromatic rings. The number of nitrogens with zero attached hydrogens (tertiary/aromatic N) is 2. The summed E-state index contributed by atoms with van der Waals surface area (Å²) < 4.78 is 10.5. The van der Waals surface area contributed by atoms with Crippen LogP contribution in [0.4, 0.5) is 6.01 Å². The van der Waals surface area contributed by atoms with Crippen LogP contribution in [0.15, 0.2) is 27.2 Å². The highest BCUT2D eigenvalue weighted by molar-refractivity contribution is 6.17. The summed E-state index contributed by atoms with van der Waals surface area (Å²) in [5, 5.41) is 10.7. The van der Waals surface area contributed by atoms with Crippen molar-refractivity contribution in [1.29, 1.82) is 0 Å². The first-order valence-corrected chi connectivity index (χ1v) is 5.56. The Balaban J connectivity index is 1.76. The van der Waals surface area contributed by atoms with E-state index in [0.717, 1.165) is 12.2 Å². The van der Waals surface area contributed by atoms with Gasteiger partial charge in [-0.15, -0.1) is 16.7 Å². The van der Waals surface area contributed by atoms with Gasteiger partial charge in [0.25, 0.3) is 0 Å². The number of alkyl halides is 1. The van der Waals surface area contributed by atoms with E-state index >= 15 is 0 Å². The zero-order valence-electron chi connectivity index (χ0n) is 8.65. The molecule has 2 rings (SSSR count). The van der Waals surface area contributed by atoms with E-state index in [1.807, 2.05) is 12.1 Å². The number of hydrogen-bond donors (Lipinski definition) is 1. The van der Waals surface area contributed by atoms with E-state index in [9.17, 15) is 0 Å². The summed E-state index contributed by atoms with van der Waals surface area (Å²) >= 11 is 5.56. The molecule has 0 atom stereocenters. The van der Waals surface area contributed by atoms with Crippen LogP contribution in [-0.4, -0.2) is 22.6 Å². The second kappa shape index (κ2) is 5.55. The van der Waals surface area contributed by atoms with E-state index in [-0.39, 0.29) is 0 Å². The maximum atomic E-state index is 5.56. The quantitative estimate of drug-likeness (QED) is 0.785. The highest BCUT2D eigenvalue weighted by atomic mass is 35.5. The number of anilines is 1. The first kappa shape index (κ1) is 11.0. The third-order valence-corrected chi connectivity index (χ3v) is 2.19. The van der Waals surface area contributed by atoms with Gasteiger partial charge in [-0.25, -0.2) is 0 Å². The molecule has 86 valence electrons. The van der Waals surface area contributed by atoms with E-state index in [1.165, 1.54) is 0 Å². The Kier molecular flexibility index (Phi) is 3.82. The SMILES string of the molecule is ClCCc1nnc(NCCc2ccco2)o1. The smallest absolute Gasteiger partial charge is 0.315 e. The predicted octanol–water partition coefficient (Wildman–Crippen LogP) is 2.10. The molecule has 0 spiro atoms. The van der Waals surface area contributed by atoms with Gasteiger partial charge in [-0.3, -0.25) is 0 Å². The Bertz CT molecular complexity index is 413. The number of halogens is 1. The molecule has 0 unspecified atom stereocenters. The minimum atomic E-state index is 0.423. The molecular formula is C10H12ClN3O2. The fourth-order valence-corrected chi connectivity index (χ4v) is 1.42. The molecule has 5 nitrogen and oxygen atoms in total. The lowest BCUT2D eigenvalue weighted by Gasteiger charge is -1.97. The topological polar surface area (TPSA) is 64.1 Å². The van der Waals surface area contributed by atoms with Crippen LogP contribution in [0.2, 0.25) is 0 Å². The molecule has 2 aromatic heterocycles. The van der Waals surface area contributed by atoms with E-state index in [2.05, 4.69) is 15.5 Å².